The van der Waals surface area contributed by atoms with Crippen molar-refractivity contribution in [3.63, 3.8) is 0 Å². The number of rotatable bonds is 12. The highest BCUT2D eigenvalue weighted by Gasteiger charge is 2.52. The van der Waals surface area contributed by atoms with Crippen molar-refractivity contribution in [1.29, 1.82) is 0 Å². The lowest BCUT2D eigenvalue weighted by molar-refractivity contribution is -0.155. The number of benzene rings is 3. The highest BCUT2D eigenvalue weighted by molar-refractivity contribution is 7.99. The third kappa shape index (κ3) is 6.19. The molecule has 168 valence electrons. The van der Waals surface area contributed by atoms with E-state index in [2.05, 4.69) is 30.3 Å². The van der Waals surface area contributed by atoms with Gasteiger partial charge in [-0.2, -0.15) is 0 Å². The largest absolute Gasteiger partial charge is 0.466 e. The third-order valence-corrected chi connectivity index (χ3v) is 7.88. The number of aryl methyl sites for hydroxylation is 1. The molecule has 3 rings (SSSR count). The molecule has 0 saturated carbocycles. The zero-order valence-corrected chi connectivity index (χ0v) is 20.4. The molecule has 0 aromatic heterocycles. The molecule has 0 spiro atoms. The molecule has 4 nitrogen and oxygen atoms in total. The van der Waals surface area contributed by atoms with Crippen molar-refractivity contribution in [3.05, 3.63) is 78.4 Å². The van der Waals surface area contributed by atoms with Crippen LogP contribution in [0.15, 0.2) is 77.7 Å². The zero-order chi connectivity index (χ0) is 22.8. The van der Waals surface area contributed by atoms with Crippen molar-refractivity contribution in [2.24, 2.45) is 5.92 Å². The van der Waals surface area contributed by atoms with E-state index in [9.17, 15) is 9.36 Å². The lowest BCUT2D eigenvalue weighted by Gasteiger charge is -2.28. The Balaban J connectivity index is 1.85. The van der Waals surface area contributed by atoms with Gasteiger partial charge in [0.2, 0.25) is 0 Å². The van der Waals surface area contributed by atoms with Crippen molar-refractivity contribution < 1.29 is 18.8 Å². The van der Waals surface area contributed by atoms with Crippen molar-refractivity contribution in [2.45, 2.75) is 36.9 Å². The predicted molar refractivity (Wildman–Crippen MR) is 133 cm³/mol. The number of fused-ring (bicyclic) bond motifs is 1. The smallest absolute Gasteiger partial charge is 0.361 e. The molecule has 3 aromatic rings. The van der Waals surface area contributed by atoms with Crippen LogP contribution in [0.2, 0.25) is 0 Å². The minimum atomic E-state index is -1.11. The second kappa shape index (κ2) is 12.2. The van der Waals surface area contributed by atoms with E-state index in [4.69, 9.17) is 9.47 Å². The van der Waals surface area contributed by atoms with Crippen molar-refractivity contribution in [1.82, 2.24) is 0 Å². The first-order chi connectivity index (χ1) is 15.6. The Hall–Kier alpha value is -2.20. The molecule has 0 aliphatic carbocycles. The van der Waals surface area contributed by atoms with Gasteiger partial charge in [0.1, 0.15) is 5.92 Å². The number of thioether (sulfide) groups is 1. The van der Waals surface area contributed by atoms with Crippen LogP contribution < -0.4 is 0 Å². The molecule has 3 atom stereocenters. The highest BCUT2D eigenvalue weighted by Crippen LogP contribution is 2.42. The van der Waals surface area contributed by atoms with E-state index in [1.807, 2.05) is 49.4 Å². The van der Waals surface area contributed by atoms with Gasteiger partial charge in [0, 0.05) is 11.5 Å². The van der Waals surface area contributed by atoms with Gasteiger partial charge >= 0.3 is 14.4 Å². The molecule has 0 aliphatic heterocycles. The maximum atomic E-state index is 13.0. The first-order valence-electron chi connectivity index (χ1n) is 11.0. The second-order valence-corrected chi connectivity index (χ2v) is 9.65. The first kappa shape index (κ1) is 24.4. The maximum Gasteiger partial charge on any atom is 0.361 e. The average Bonchev–Trinajstić information content (AvgIpc) is 2.83. The van der Waals surface area contributed by atoms with Gasteiger partial charge in [-0.25, -0.2) is 0 Å². The van der Waals surface area contributed by atoms with Crippen LogP contribution in [-0.2, 0) is 25.3 Å². The molecule has 0 radical (unpaired) electrons. The van der Waals surface area contributed by atoms with Gasteiger partial charge in [0.25, 0.3) is 5.34 Å². The maximum absolute atomic E-state index is 13.0. The highest BCUT2D eigenvalue weighted by atomic mass is 32.2. The van der Waals surface area contributed by atoms with Crippen LogP contribution in [0.1, 0.15) is 25.8 Å². The molecular weight excluding hydrogens is 439 g/mol. The first-order valence-corrected chi connectivity index (χ1v) is 12.9. The van der Waals surface area contributed by atoms with Gasteiger partial charge in [-0.05, 0) is 55.2 Å². The third-order valence-electron chi connectivity index (χ3n) is 5.45. The van der Waals surface area contributed by atoms with Gasteiger partial charge in [-0.1, -0.05) is 65.2 Å². The van der Waals surface area contributed by atoms with Crippen molar-refractivity contribution >= 4 is 37.0 Å². The molecule has 0 fully saturated rings. The lowest BCUT2D eigenvalue weighted by Crippen LogP contribution is -2.43. The normalized spacial score (nSPS) is 14.2. The second-order valence-electron chi connectivity index (χ2n) is 7.55. The summed E-state index contributed by atoms with van der Waals surface area (Å²) in [4.78, 5) is 14.0. The Bertz CT molecular complexity index is 1030. The van der Waals surface area contributed by atoms with Gasteiger partial charge in [-0.15, -0.1) is 11.8 Å². The van der Waals surface area contributed by atoms with Gasteiger partial charge < -0.3 is 9.47 Å². The molecule has 0 amide bonds. The van der Waals surface area contributed by atoms with Crippen LogP contribution in [0.25, 0.3) is 10.8 Å². The Labute approximate surface area is 195 Å². The summed E-state index contributed by atoms with van der Waals surface area (Å²) in [5.41, 5.74) is 1.13. The lowest BCUT2D eigenvalue weighted by atomic mass is 9.94. The number of hydrogen-bond acceptors (Lipinski definition) is 5. The van der Waals surface area contributed by atoms with Crippen LogP contribution in [-0.4, -0.2) is 30.3 Å². The standard InChI is InChI=1S/C26H29O4PS/c1-3-29-25(27)24(17-14-20-10-6-5-7-11-20)26(31-28,30-4-2)19-32-23-16-15-21-12-8-9-13-22(21)18-23/h5-13,15-16,18,24H,3-4,14,17,19H2,1-2H3/p+1. The molecule has 3 aromatic carbocycles. The van der Waals surface area contributed by atoms with E-state index in [1.165, 1.54) is 5.39 Å². The monoisotopic (exact) mass is 469 g/mol. The number of esters is 1. The molecule has 0 aliphatic rings. The van der Waals surface area contributed by atoms with Crippen LogP contribution in [0.4, 0.5) is 0 Å². The Morgan fingerprint density at radius 3 is 2.38 bits per heavy atom. The van der Waals surface area contributed by atoms with Crippen LogP contribution in [0, 0.1) is 5.92 Å². The number of ether oxygens (including phenoxy) is 2. The van der Waals surface area contributed by atoms with E-state index >= 15 is 0 Å². The van der Waals surface area contributed by atoms with Crippen molar-refractivity contribution in [3.8, 4) is 0 Å². The van der Waals surface area contributed by atoms with E-state index in [0.29, 0.717) is 25.2 Å². The molecule has 0 N–H and O–H groups in total. The van der Waals surface area contributed by atoms with E-state index in [-0.39, 0.29) is 12.6 Å². The van der Waals surface area contributed by atoms with Gasteiger partial charge in [-0.3, -0.25) is 4.79 Å². The molecular formula is C26H30O4PS+. The fourth-order valence-corrected chi connectivity index (χ4v) is 5.92. The Morgan fingerprint density at radius 1 is 0.969 bits per heavy atom. The van der Waals surface area contributed by atoms with E-state index in [0.717, 1.165) is 15.8 Å². The van der Waals surface area contributed by atoms with E-state index < -0.39 is 19.7 Å². The molecule has 6 heteroatoms. The van der Waals surface area contributed by atoms with Crippen LogP contribution >= 0.6 is 20.2 Å². The Morgan fingerprint density at radius 2 is 1.69 bits per heavy atom. The summed E-state index contributed by atoms with van der Waals surface area (Å²) in [5, 5.41) is 1.22. The summed E-state index contributed by atoms with van der Waals surface area (Å²) >= 11 is 1.57. The van der Waals surface area contributed by atoms with Crippen molar-refractivity contribution in [2.75, 3.05) is 19.0 Å². The predicted octanol–water partition coefficient (Wildman–Crippen LogP) is 6.50. The fraction of sp³-hybridized carbons (Fsp3) is 0.346. The van der Waals surface area contributed by atoms with Crippen LogP contribution in [0.3, 0.4) is 0 Å². The summed E-state index contributed by atoms with van der Waals surface area (Å²) in [6, 6.07) is 24.4. The molecule has 3 unspecified atom stereocenters. The Kier molecular flexibility index (Phi) is 9.28. The summed E-state index contributed by atoms with van der Waals surface area (Å²) in [7, 11) is -0.790. The molecule has 0 heterocycles. The van der Waals surface area contributed by atoms with Crippen LogP contribution in [0.5, 0.6) is 0 Å². The molecule has 0 saturated heterocycles. The summed E-state index contributed by atoms with van der Waals surface area (Å²) in [6.45, 7) is 4.31. The topological polar surface area (TPSA) is 52.6 Å². The quantitative estimate of drug-likeness (QED) is 0.172. The minimum Gasteiger partial charge on any atom is -0.466 e. The van der Waals surface area contributed by atoms with E-state index in [1.54, 1.807) is 18.7 Å². The fourth-order valence-electron chi connectivity index (χ4n) is 3.82. The molecule has 0 bridgehead atoms. The SMILES string of the molecule is CCOC(=O)C(CCc1ccccc1)C(CSc1ccc2ccccc2c1)(OCC)[PH+]=O. The summed E-state index contributed by atoms with van der Waals surface area (Å²) < 4.78 is 24.1. The number of carbonyl (C=O) groups excluding carboxylic acids is 1. The zero-order valence-electron chi connectivity index (χ0n) is 18.6. The molecule has 32 heavy (non-hydrogen) atoms. The average molecular weight is 470 g/mol. The van der Waals surface area contributed by atoms with Gasteiger partial charge in [0.15, 0.2) is 0 Å². The summed E-state index contributed by atoms with van der Waals surface area (Å²) in [5.74, 6) is -0.565. The number of carbonyl (C=O) groups is 1. The van der Waals surface area contributed by atoms with Gasteiger partial charge in [0.05, 0.1) is 12.4 Å². The number of hydrogen-bond donors (Lipinski definition) is 0. The minimum absolute atomic E-state index is 0.280. The summed E-state index contributed by atoms with van der Waals surface area (Å²) in [6.07, 6.45) is 1.20.